The van der Waals surface area contributed by atoms with Gasteiger partial charge in [0.15, 0.2) is 17.5 Å². The number of nitrogens with one attached hydrogen (secondary N) is 2. The van der Waals surface area contributed by atoms with E-state index in [9.17, 15) is 15.0 Å². The molecule has 53 heavy (non-hydrogen) atoms. The summed E-state index contributed by atoms with van der Waals surface area (Å²) < 4.78 is 12.7. The molecular formula is C42H58N6O5. The van der Waals surface area contributed by atoms with Crippen LogP contribution in [0.4, 0.5) is 0 Å². The SMILES string of the molecule is CC(=O)OC1CC(O)CCC23C#CC4CC(C#CCC5C6CC(CN(CN=C(N)NC2)C6)CN5CC3)CC2CC(CCN2)Oc2cc(ccc2O)CC41. The van der Waals surface area contributed by atoms with Crippen molar-refractivity contribution in [2.45, 2.75) is 108 Å². The first-order valence-corrected chi connectivity index (χ1v) is 20.3. The van der Waals surface area contributed by atoms with Gasteiger partial charge in [-0.25, -0.2) is 4.99 Å². The molecule has 12 bridgehead atoms. The molecule has 1 aromatic carbocycles. The van der Waals surface area contributed by atoms with Crippen LogP contribution < -0.4 is 21.1 Å². The number of phenols is 1. The Kier molecular flexibility index (Phi) is 10.8. The van der Waals surface area contributed by atoms with Crippen molar-refractivity contribution in [1.82, 2.24) is 20.4 Å². The third-order valence-electron chi connectivity index (χ3n) is 13.3. The van der Waals surface area contributed by atoms with E-state index in [1.54, 1.807) is 6.07 Å². The number of hydrogen-bond acceptors (Lipinski definition) is 11. The smallest absolute Gasteiger partial charge is 0.302 e. The van der Waals surface area contributed by atoms with E-state index in [2.05, 4.69) is 44.1 Å². The average Bonchev–Trinajstić information content (AvgIpc) is 3.14. The zero-order valence-corrected chi connectivity index (χ0v) is 31.3. The number of ether oxygens (including phenoxy) is 2. The van der Waals surface area contributed by atoms with Crippen LogP contribution in [0.25, 0.3) is 0 Å². The van der Waals surface area contributed by atoms with Crippen molar-refractivity contribution in [2.24, 2.45) is 45.7 Å². The van der Waals surface area contributed by atoms with Gasteiger partial charge in [0.05, 0.1) is 18.2 Å². The lowest BCUT2D eigenvalue weighted by molar-refractivity contribution is -0.152. The second-order valence-corrected chi connectivity index (χ2v) is 17.3. The van der Waals surface area contributed by atoms with Gasteiger partial charge >= 0.3 is 5.97 Å². The van der Waals surface area contributed by atoms with Gasteiger partial charge < -0.3 is 36.1 Å². The Balaban J connectivity index is 1.28. The summed E-state index contributed by atoms with van der Waals surface area (Å²) in [6.07, 6.45) is 7.03. The molecule has 6 N–H and O–H groups in total. The lowest BCUT2D eigenvalue weighted by Crippen LogP contribution is -2.58. The molecule has 286 valence electrons. The molecule has 9 rings (SSSR count). The number of piperidine rings is 3. The molecule has 0 saturated carbocycles. The van der Waals surface area contributed by atoms with E-state index in [0.717, 1.165) is 76.8 Å². The average molecular weight is 727 g/mol. The Labute approximate surface area is 314 Å². The Morgan fingerprint density at radius 1 is 1.11 bits per heavy atom. The molecule has 11 heteroatoms. The van der Waals surface area contributed by atoms with Crippen LogP contribution in [-0.4, -0.2) is 108 Å². The highest BCUT2D eigenvalue weighted by Crippen LogP contribution is 2.41. The second-order valence-electron chi connectivity index (χ2n) is 17.3. The standard InChI is InChI=1S/C42H58N6O5/c1-27(49)52-39-21-34(50)8-11-42-10-7-31-15-28(17-33-20-35(9-13-44-33)53-40-19-29(18-36(31)39)5-6-38(40)51)3-2-4-37-32-16-30(23-48(37)14-12-42)22-47(24-32)26-46-41(43)45-25-42/h5-6,19,28,30-37,39,44,50-51H,4,8-9,11-18,20-26H2,1H3,(H3,43,45,46). The summed E-state index contributed by atoms with van der Waals surface area (Å²) in [6, 6.07) is 6.16. The number of nitrogens with zero attached hydrogens (tertiary/aromatic N) is 3. The largest absolute Gasteiger partial charge is 0.504 e. The number of aromatic hydroxyl groups is 1. The first-order valence-electron chi connectivity index (χ1n) is 20.3. The number of rotatable bonds is 1. The number of benzene rings is 1. The summed E-state index contributed by atoms with van der Waals surface area (Å²) in [7, 11) is 0. The summed E-state index contributed by atoms with van der Waals surface area (Å²) in [5.41, 5.74) is 7.08. The van der Waals surface area contributed by atoms with E-state index in [4.69, 9.17) is 20.2 Å². The van der Waals surface area contributed by atoms with Crippen LogP contribution in [0.2, 0.25) is 0 Å². The topological polar surface area (TPSA) is 145 Å². The van der Waals surface area contributed by atoms with Crippen LogP contribution in [-0.2, 0) is 16.0 Å². The molecule has 1 spiro atoms. The Morgan fingerprint density at radius 3 is 2.91 bits per heavy atom. The third kappa shape index (κ3) is 8.60. The number of carbonyl (C=O) groups is 1. The van der Waals surface area contributed by atoms with E-state index in [-0.39, 0.29) is 41.6 Å². The predicted molar refractivity (Wildman–Crippen MR) is 203 cm³/mol. The number of phenolic OH excluding ortho intramolecular Hbond substituents is 1. The number of aliphatic hydroxyl groups is 1. The fraction of sp³-hybridized carbons (Fsp3) is 0.714. The summed E-state index contributed by atoms with van der Waals surface area (Å²) in [5, 5.41) is 29.9. The molecule has 13 atom stereocenters. The lowest BCUT2D eigenvalue weighted by atomic mass is 9.72. The minimum absolute atomic E-state index is 0.0176. The summed E-state index contributed by atoms with van der Waals surface area (Å²) in [4.78, 5) is 22.8. The molecule has 1 aliphatic carbocycles. The van der Waals surface area contributed by atoms with Crippen molar-refractivity contribution in [3.8, 4) is 35.2 Å². The van der Waals surface area contributed by atoms with Crippen LogP contribution in [0.3, 0.4) is 0 Å². The second kappa shape index (κ2) is 15.7. The van der Waals surface area contributed by atoms with Crippen LogP contribution in [0.1, 0.15) is 76.7 Å². The van der Waals surface area contributed by atoms with Gasteiger partial charge in [0.2, 0.25) is 0 Å². The normalized spacial score (nSPS) is 41.1. The van der Waals surface area contributed by atoms with Gasteiger partial charge in [-0.3, -0.25) is 14.6 Å². The molecule has 7 heterocycles. The van der Waals surface area contributed by atoms with E-state index < -0.39 is 17.6 Å². The predicted octanol–water partition coefficient (Wildman–Crippen LogP) is 2.84. The highest BCUT2D eigenvalue weighted by atomic mass is 16.5. The molecule has 8 aliphatic rings. The van der Waals surface area contributed by atoms with Crippen molar-refractivity contribution in [3.05, 3.63) is 23.8 Å². The highest BCUT2D eigenvalue weighted by molar-refractivity contribution is 5.77. The maximum atomic E-state index is 12.7. The first-order chi connectivity index (χ1) is 25.7. The number of esters is 1. The minimum atomic E-state index is -0.683. The number of guanidine groups is 1. The van der Waals surface area contributed by atoms with Gasteiger partial charge in [-0.15, -0.1) is 5.92 Å². The maximum Gasteiger partial charge on any atom is 0.302 e. The third-order valence-corrected chi connectivity index (χ3v) is 13.3. The Hall–Kier alpha value is -3.48. The first kappa shape index (κ1) is 36.5. The van der Waals surface area contributed by atoms with Crippen LogP contribution in [0, 0.1) is 58.7 Å². The van der Waals surface area contributed by atoms with Crippen molar-refractivity contribution < 1.29 is 24.5 Å². The van der Waals surface area contributed by atoms with Gasteiger partial charge in [-0.2, -0.15) is 0 Å². The van der Waals surface area contributed by atoms with Gasteiger partial charge in [0.25, 0.3) is 0 Å². The molecule has 0 aromatic heterocycles. The quantitative estimate of drug-likeness (QED) is 0.217. The van der Waals surface area contributed by atoms with E-state index in [1.165, 1.54) is 13.3 Å². The van der Waals surface area contributed by atoms with Crippen LogP contribution in [0.5, 0.6) is 11.5 Å². The monoisotopic (exact) mass is 726 g/mol. The van der Waals surface area contributed by atoms with Gasteiger partial charge in [-0.05, 0) is 93.9 Å². The molecule has 0 radical (unpaired) electrons. The Bertz CT molecular complexity index is 1660. The lowest BCUT2D eigenvalue weighted by Gasteiger charge is -2.50. The van der Waals surface area contributed by atoms with Gasteiger partial charge in [0.1, 0.15) is 12.2 Å². The molecule has 3 saturated heterocycles. The minimum Gasteiger partial charge on any atom is -0.504 e. The van der Waals surface area contributed by atoms with Gasteiger partial charge in [0, 0.05) is 82.3 Å². The maximum absolute atomic E-state index is 12.7. The zero-order chi connectivity index (χ0) is 36.5. The molecule has 11 nitrogen and oxygen atoms in total. The van der Waals surface area contributed by atoms with Crippen LogP contribution in [0.15, 0.2) is 23.2 Å². The number of nitrogens with two attached hydrogens (primary N) is 1. The van der Waals surface area contributed by atoms with E-state index >= 15 is 0 Å². The fourth-order valence-corrected chi connectivity index (χ4v) is 10.6. The number of fused-ring (bicyclic) bond motifs is 8. The van der Waals surface area contributed by atoms with Crippen molar-refractivity contribution >= 4 is 11.9 Å². The summed E-state index contributed by atoms with van der Waals surface area (Å²) in [5.74, 6) is 16.9. The molecule has 1 aromatic rings. The number of hydrogen-bond donors (Lipinski definition) is 5. The molecular weight excluding hydrogens is 668 g/mol. The van der Waals surface area contributed by atoms with E-state index in [0.29, 0.717) is 68.5 Å². The Morgan fingerprint density at radius 2 is 2.02 bits per heavy atom. The molecule has 7 aliphatic heterocycles. The van der Waals surface area contributed by atoms with Crippen molar-refractivity contribution in [2.75, 3.05) is 45.9 Å². The van der Waals surface area contributed by atoms with Crippen molar-refractivity contribution in [3.63, 3.8) is 0 Å². The van der Waals surface area contributed by atoms with Gasteiger partial charge in [-0.1, -0.05) is 23.8 Å². The summed E-state index contributed by atoms with van der Waals surface area (Å²) >= 11 is 0. The summed E-state index contributed by atoms with van der Waals surface area (Å²) in [6.45, 7) is 7.43. The number of carbonyl (C=O) groups excluding carboxylic acids is 1. The fourth-order valence-electron chi connectivity index (χ4n) is 10.6. The molecule has 13 unspecified atom stereocenters. The molecule has 0 amide bonds. The number of aliphatic hydroxyl groups excluding tert-OH is 1. The molecule has 3 fully saturated rings. The van der Waals surface area contributed by atoms with Crippen molar-refractivity contribution in [1.29, 1.82) is 0 Å². The highest BCUT2D eigenvalue weighted by Gasteiger charge is 2.43. The van der Waals surface area contributed by atoms with Crippen LogP contribution >= 0.6 is 0 Å². The zero-order valence-electron chi connectivity index (χ0n) is 31.3. The van der Waals surface area contributed by atoms with E-state index in [1.807, 2.05) is 12.1 Å². The number of aliphatic imine (C=N–C) groups is 1.